The molecule has 0 unspecified atom stereocenters. The Balaban J connectivity index is 0. The van der Waals surface area contributed by atoms with Crippen molar-refractivity contribution in [3.63, 3.8) is 0 Å². The Morgan fingerprint density at radius 1 is 0.923 bits per heavy atom. The van der Waals surface area contributed by atoms with E-state index in [0.717, 1.165) is 5.57 Å². The van der Waals surface area contributed by atoms with Crippen molar-refractivity contribution in [2.45, 2.75) is 48.5 Å². The van der Waals surface area contributed by atoms with Crippen molar-refractivity contribution in [3.8, 4) is 0 Å². The smallest absolute Gasteiger partial charge is 0.0393 e. The van der Waals surface area contributed by atoms with Crippen molar-refractivity contribution >= 4 is 0 Å². The summed E-state index contributed by atoms with van der Waals surface area (Å²) < 4.78 is 0. The number of hydrogen-bond donors (Lipinski definition) is 0. The normalized spacial score (nSPS) is 12.7. The second kappa shape index (κ2) is 7.85. The van der Waals surface area contributed by atoms with Gasteiger partial charge in [0.15, 0.2) is 0 Å². The first-order valence-electron chi connectivity index (χ1n) is 4.97. The minimum Gasteiger partial charge on any atom is -0.0958 e. The van der Waals surface area contributed by atoms with Gasteiger partial charge in [-0.25, -0.2) is 0 Å². The van der Waals surface area contributed by atoms with Gasteiger partial charge in [0, 0.05) is 0 Å². The molecule has 0 aliphatic rings. The van der Waals surface area contributed by atoms with E-state index in [9.17, 15) is 0 Å². The van der Waals surface area contributed by atoms with Crippen molar-refractivity contribution in [1.82, 2.24) is 0 Å². The van der Waals surface area contributed by atoms with Gasteiger partial charge >= 0.3 is 0 Å². The Labute approximate surface area is 84.1 Å². The lowest BCUT2D eigenvalue weighted by Gasteiger charge is -2.06. The molecule has 0 fully saturated rings. The summed E-state index contributed by atoms with van der Waals surface area (Å²) >= 11 is 0. The number of allylic oxidation sites excluding steroid dienone is 5. The van der Waals surface area contributed by atoms with Crippen molar-refractivity contribution in [2.75, 3.05) is 0 Å². The highest BCUT2D eigenvalue weighted by atomic mass is 14.0. The largest absolute Gasteiger partial charge is 0.0958 e. The fourth-order valence-corrected chi connectivity index (χ4v) is 0.832. The van der Waals surface area contributed by atoms with Crippen molar-refractivity contribution in [2.24, 2.45) is 0 Å². The topological polar surface area (TPSA) is 0 Å². The standard InChI is InChI=1S/C11H18.C2H6/c1-7-9(4)11(6)10(5)8(2)3;1-2/h7H,2H2,1,3-6H3;1-2H3/b9-7-,11-10-;. The lowest BCUT2D eigenvalue weighted by Crippen LogP contribution is -1.86. The molecule has 0 nitrogen and oxygen atoms in total. The molecule has 0 aromatic rings. The van der Waals surface area contributed by atoms with Crippen LogP contribution in [0.1, 0.15) is 48.5 Å². The summed E-state index contributed by atoms with van der Waals surface area (Å²) in [5.74, 6) is 0. The van der Waals surface area contributed by atoms with E-state index in [0.29, 0.717) is 0 Å². The molecule has 0 aliphatic carbocycles. The zero-order valence-electron chi connectivity index (χ0n) is 10.3. The first kappa shape index (κ1) is 14.7. The van der Waals surface area contributed by atoms with E-state index in [1.54, 1.807) is 0 Å². The fraction of sp³-hybridized carbons (Fsp3) is 0.538. The van der Waals surface area contributed by atoms with Crippen LogP contribution in [0.3, 0.4) is 0 Å². The molecule has 0 saturated carbocycles. The first-order valence-corrected chi connectivity index (χ1v) is 4.97. The van der Waals surface area contributed by atoms with Gasteiger partial charge in [-0.3, -0.25) is 0 Å². The summed E-state index contributed by atoms with van der Waals surface area (Å²) in [6, 6.07) is 0. The zero-order chi connectivity index (χ0) is 11.0. The quantitative estimate of drug-likeness (QED) is 0.531. The molecule has 0 radical (unpaired) electrons. The second-order valence-corrected chi connectivity index (χ2v) is 3.00. The third-order valence-corrected chi connectivity index (χ3v) is 2.23. The highest BCUT2D eigenvalue weighted by molar-refractivity contribution is 5.39. The Hall–Kier alpha value is -0.780. The molecule has 0 aromatic carbocycles. The van der Waals surface area contributed by atoms with Crippen LogP contribution in [-0.4, -0.2) is 0 Å². The third-order valence-electron chi connectivity index (χ3n) is 2.23. The summed E-state index contributed by atoms with van der Waals surface area (Å²) in [7, 11) is 0. The van der Waals surface area contributed by atoms with Crippen LogP contribution in [0.5, 0.6) is 0 Å². The Morgan fingerprint density at radius 2 is 1.31 bits per heavy atom. The van der Waals surface area contributed by atoms with Crippen LogP contribution in [0.25, 0.3) is 0 Å². The molecule has 0 heteroatoms. The maximum atomic E-state index is 3.91. The summed E-state index contributed by atoms with van der Waals surface area (Å²) in [5, 5.41) is 0. The van der Waals surface area contributed by atoms with Gasteiger partial charge in [-0.15, -0.1) is 0 Å². The molecule has 0 N–H and O–H groups in total. The SMILES string of the molecule is C=C(C)/C(C)=C(C)\C(C)=C/C.CC. The molecule has 13 heavy (non-hydrogen) atoms. The third kappa shape index (κ3) is 5.46. The minimum atomic E-state index is 1.16. The van der Waals surface area contributed by atoms with Gasteiger partial charge < -0.3 is 0 Å². The maximum Gasteiger partial charge on any atom is -0.0393 e. The van der Waals surface area contributed by atoms with Gasteiger partial charge in [-0.2, -0.15) is 0 Å². The Bertz CT molecular complexity index is 214. The summed E-state index contributed by atoms with van der Waals surface area (Å²) in [6.45, 7) is 18.4. The maximum absolute atomic E-state index is 3.91. The molecule has 76 valence electrons. The molecule has 0 spiro atoms. The molecule has 0 heterocycles. The minimum absolute atomic E-state index is 1.16. The zero-order valence-corrected chi connectivity index (χ0v) is 10.3. The molecular weight excluding hydrogens is 156 g/mol. The first-order chi connectivity index (χ1) is 6.00. The van der Waals surface area contributed by atoms with Gasteiger partial charge in [-0.1, -0.05) is 37.6 Å². The molecule has 0 aromatic heterocycles. The van der Waals surface area contributed by atoms with Gasteiger partial charge in [-0.05, 0) is 45.8 Å². The number of hydrogen-bond acceptors (Lipinski definition) is 0. The van der Waals surface area contributed by atoms with E-state index in [4.69, 9.17) is 0 Å². The predicted octanol–water partition coefficient (Wildman–Crippen LogP) is 4.89. The van der Waals surface area contributed by atoms with Crippen LogP contribution in [0.15, 0.2) is 34.9 Å². The van der Waals surface area contributed by atoms with Gasteiger partial charge in [0.1, 0.15) is 0 Å². The Kier molecular flexibility index (Phi) is 8.89. The van der Waals surface area contributed by atoms with Crippen LogP contribution in [0.2, 0.25) is 0 Å². The highest BCUT2D eigenvalue weighted by Crippen LogP contribution is 2.17. The van der Waals surface area contributed by atoms with E-state index in [2.05, 4.69) is 40.3 Å². The van der Waals surface area contributed by atoms with Gasteiger partial charge in [0.25, 0.3) is 0 Å². The molecule has 0 atom stereocenters. The number of rotatable bonds is 2. The van der Waals surface area contributed by atoms with Crippen LogP contribution in [-0.2, 0) is 0 Å². The lowest BCUT2D eigenvalue weighted by molar-refractivity contribution is 1.22. The molecule has 0 aliphatic heterocycles. The van der Waals surface area contributed by atoms with Crippen LogP contribution >= 0.6 is 0 Å². The van der Waals surface area contributed by atoms with E-state index in [-0.39, 0.29) is 0 Å². The van der Waals surface area contributed by atoms with E-state index in [1.807, 2.05) is 20.8 Å². The van der Waals surface area contributed by atoms with E-state index >= 15 is 0 Å². The van der Waals surface area contributed by atoms with Gasteiger partial charge in [0.2, 0.25) is 0 Å². The van der Waals surface area contributed by atoms with Crippen LogP contribution in [0, 0.1) is 0 Å². The molecule has 0 saturated heterocycles. The Morgan fingerprint density at radius 3 is 1.54 bits per heavy atom. The monoisotopic (exact) mass is 180 g/mol. The molecule has 0 bridgehead atoms. The molecule has 0 rings (SSSR count). The van der Waals surface area contributed by atoms with Crippen molar-refractivity contribution in [3.05, 3.63) is 34.9 Å². The van der Waals surface area contributed by atoms with Gasteiger partial charge in [0.05, 0.1) is 0 Å². The predicted molar refractivity (Wildman–Crippen MR) is 64.0 cm³/mol. The van der Waals surface area contributed by atoms with Crippen LogP contribution < -0.4 is 0 Å². The average molecular weight is 180 g/mol. The second-order valence-electron chi connectivity index (χ2n) is 3.00. The highest BCUT2D eigenvalue weighted by Gasteiger charge is 1.97. The summed E-state index contributed by atoms with van der Waals surface area (Å²) in [6.07, 6.45) is 2.13. The summed E-state index contributed by atoms with van der Waals surface area (Å²) in [4.78, 5) is 0. The van der Waals surface area contributed by atoms with Crippen molar-refractivity contribution in [1.29, 1.82) is 0 Å². The van der Waals surface area contributed by atoms with E-state index in [1.165, 1.54) is 16.7 Å². The van der Waals surface area contributed by atoms with E-state index < -0.39 is 0 Å². The van der Waals surface area contributed by atoms with Crippen LogP contribution in [0.4, 0.5) is 0 Å². The molecular formula is C13H24. The summed E-state index contributed by atoms with van der Waals surface area (Å²) in [5.41, 5.74) is 5.15. The average Bonchev–Trinajstić information content (AvgIpc) is 2.17. The van der Waals surface area contributed by atoms with Crippen molar-refractivity contribution < 1.29 is 0 Å². The lowest BCUT2D eigenvalue weighted by atomic mass is 10.00. The molecule has 0 amide bonds. The fourth-order valence-electron chi connectivity index (χ4n) is 0.832.